The number of benzene rings is 2. The second kappa shape index (κ2) is 9.99. The average Bonchev–Trinajstić information content (AvgIpc) is 2.62. The van der Waals surface area contributed by atoms with Crippen molar-refractivity contribution in [1.82, 2.24) is 5.32 Å². The molecule has 2 aromatic carbocycles. The number of ether oxygens (including phenoxy) is 1. The molecule has 0 fully saturated rings. The fourth-order valence-corrected chi connectivity index (χ4v) is 3.20. The van der Waals surface area contributed by atoms with Crippen LogP contribution in [0.25, 0.3) is 0 Å². The number of amides is 2. The van der Waals surface area contributed by atoms with E-state index in [-0.39, 0.29) is 6.03 Å². The first-order chi connectivity index (χ1) is 12.1. The van der Waals surface area contributed by atoms with Gasteiger partial charge < -0.3 is 15.4 Å². The zero-order valence-corrected chi connectivity index (χ0v) is 15.9. The second-order valence-electron chi connectivity index (χ2n) is 5.86. The first-order valence-electron chi connectivity index (χ1n) is 8.58. The van der Waals surface area contributed by atoms with Gasteiger partial charge in [0.1, 0.15) is 12.4 Å². The Morgan fingerprint density at radius 2 is 1.96 bits per heavy atom. The molecule has 0 radical (unpaired) electrons. The molecule has 0 aliphatic heterocycles. The summed E-state index contributed by atoms with van der Waals surface area (Å²) in [6.45, 7) is 7.29. The number of anilines is 1. The minimum atomic E-state index is -0.220. The highest BCUT2D eigenvalue weighted by atomic mass is 32.2. The molecule has 0 aliphatic carbocycles. The quantitative estimate of drug-likeness (QED) is 0.511. The molecule has 0 heterocycles. The number of rotatable bonds is 8. The number of carbonyl (C=O) groups is 1. The molecule has 0 aliphatic rings. The van der Waals surface area contributed by atoms with Crippen LogP contribution in [-0.2, 0) is 0 Å². The summed E-state index contributed by atoms with van der Waals surface area (Å²) in [4.78, 5) is 13.2. The van der Waals surface area contributed by atoms with E-state index < -0.39 is 0 Å². The van der Waals surface area contributed by atoms with Gasteiger partial charge in [-0.25, -0.2) is 4.79 Å². The predicted molar refractivity (Wildman–Crippen MR) is 106 cm³/mol. The number of hydrogen-bond acceptors (Lipinski definition) is 3. The first-order valence-corrected chi connectivity index (χ1v) is 9.46. The van der Waals surface area contributed by atoms with E-state index in [1.165, 1.54) is 4.90 Å². The summed E-state index contributed by atoms with van der Waals surface area (Å²) in [5, 5.41) is 6.28. The van der Waals surface area contributed by atoms with Crippen molar-refractivity contribution in [2.45, 2.75) is 37.3 Å². The number of carbonyl (C=O) groups excluding carboxylic acids is 1. The van der Waals surface area contributed by atoms with Gasteiger partial charge >= 0.3 is 6.03 Å². The molecule has 1 unspecified atom stereocenters. The molecule has 0 saturated heterocycles. The summed E-state index contributed by atoms with van der Waals surface area (Å²) >= 11 is 1.86. The molecular weight excluding hydrogens is 332 g/mol. The van der Waals surface area contributed by atoms with E-state index in [9.17, 15) is 4.79 Å². The molecule has 2 rings (SSSR count). The van der Waals surface area contributed by atoms with Crippen LogP contribution in [0.3, 0.4) is 0 Å². The Balaban J connectivity index is 1.76. The van der Waals surface area contributed by atoms with E-state index in [1.54, 1.807) is 0 Å². The van der Waals surface area contributed by atoms with Crippen molar-refractivity contribution in [2.24, 2.45) is 0 Å². The van der Waals surface area contributed by atoms with Gasteiger partial charge in [0.05, 0.1) is 6.54 Å². The molecule has 0 bridgehead atoms. The van der Waals surface area contributed by atoms with Gasteiger partial charge in [0.2, 0.25) is 0 Å². The van der Waals surface area contributed by atoms with Gasteiger partial charge in [-0.1, -0.05) is 32.0 Å². The summed E-state index contributed by atoms with van der Waals surface area (Å²) in [5.41, 5.74) is 1.89. The SMILES string of the molecule is CCC(C)Sc1ccc(NC(=O)NCCOc2ccccc2)c(C)c1. The van der Waals surface area contributed by atoms with Gasteiger partial charge in [0, 0.05) is 15.8 Å². The number of hydrogen-bond donors (Lipinski definition) is 2. The fraction of sp³-hybridized carbons (Fsp3) is 0.350. The molecule has 5 heteroatoms. The molecular formula is C20H26N2O2S. The van der Waals surface area contributed by atoms with E-state index in [0.717, 1.165) is 23.4 Å². The summed E-state index contributed by atoms with van der Waals surface area (Å²) < 4.78 is 5.55. The monoisotopic (exact) mass is 358 g/mol. The van der Waals surface area contributed by atoms with Crippen molar-refractivity contribution in [2.75, 3.05) is 18.5 Å². The molecule has 4 nitrogen and oxygen atoms in total. The van der Waals surface area contributed by atoms with Crippen LogP contribution in [0.15, 0.2) is 53.4 Å². The van der Waals surface area contributed by atoms with Crippen LogP contribution in [0.1, 0.15) is 25.8 Å². The Kier molecular flexibility index (Phi) is 7.67. The lowest BCUT2D eigenvalue weighted by Gasteiger charge is -2.13. The fourth-order valence-electron chi connectivity index (χ4n) is 2.18. The van der Waals surface area contributed by atoms with E-state index in [4.69, 9.17) is 4.74 Å². The zero-order chi connectivity index (χ0) is 18.1. The third-order valence-corrected chi connectivity index (χ3v) is 5.02. The highest BCUT2D eigenvalue weighted by Gasteiger charge is 2.07. The lowest BCUT2D eigenvalue weighted by atomic mass is 10.2. The van der Waals surface area contributed by atoms with Crippen LogP contribution >= 0.6 is 11.8 Å². The third-order valence-electron chi connectivity index (χ3n) is 3.76. The Morgan fingerprint density at radius 1 is 1.20 bits per heavy atom. The van der Waals surface area contributed by atoms with Crippen molar-refractivity contribution >= 4 is 23.5 Å². The van der Waals surface area contributed by atoms with Crippen molar-refractivity contribution in [3.05, 3.63) is 54.1 Å². The van der Waals surface area contributed by atoms with Gasteiger partial charge in [-0.2, -0.15) is 0 Å². The summed E-state index contributed by atoms with van der Waals surface area (Å²) in [5.74, 6) is 0.801. The Morgan fingerprint density at radius 3 is 2.64 bits per heavy atom. The Labute approximate surface area is 154 Å². The van der Waals surface area contributed by atoms with Crippen molar-refractivity contribution in [3.63, 3.8) is 0 Å². The van der Waals surface area contributed by atoms with Gasteiger partial charge in [-0.05, 0) is 49.2 Å². The van der Waals surface area contributed by atoms with Crippen molar-refractivity contribution < 1.29 is 9.53 Å². The summed E-state index contributed by atoms with van der Waals surface area (Å²) in [6.07, 6.45) is 1.14. The number of para-hydroxylation sites is 1. The van der Waals surface area contributed by atoms with Crippen LogP contribution in [0.4, 0.5) is 10.5 Å². The topological polar surface area (TPSA) is 50.4 Å². The number of urea groups is 1. The second-order valence-corrected chi connectivity index (χ2v) is 7.37. The minimum Gasteiger partial charge on any atom is -0.492 e. The third kappa shape index (κ3) is 6.70. The largest absolute Gasteiger partial charge is 0.492 e. The van der Waals surface area contributed by atoms with E-state index in [2.05, 4.69) is 36.6 Å². The smallest absolute Gasteiger partial charge is 0.319 e. The Bertz CT molecular complexity index is 677. The molecule has 0 spiro atoms. The standard InChI is InChI=1S/C20H26N2O2S/c1-4-16(3)25-18-10-11-19(15(2)14-18)22-20(23)21-12-13-24-17-8-6-5-7-9-17/h5-11,14,16H,4,12-13H2,1-3H3,(H2,21,22,23). The van der Waals surface area contributed by atoms with Crippen LogP contribution in [0.5, 0.6) is 5.75 Å². The van der Waals surface area contributed by atoms with E-state index in [0.29, 0.717) is 18.4 Å². The van der Waals surface area contributed by atoms with E-state index in [1.807, 2.05) is 55.1 Å². The number of thioether (sulfide) groups is 1. The van der Waals surface area contributed by atoms with Gasteiger partial charge in [0.15, 0.2) is 0 Å². The maximum Gasteiger partial charge on any atom is 0.319 e. The van der Waals surface area contributed by atoms with E-state index >= 15 is 0 Å². The summed E-state index contributed by atoms with van der Waals surface area (Å²) in [6, 6.07) is 15.5. The normalized spacial score (nSPS) is 11.6. The molecule has 0 saturated carbocycles. The number of nitrogens with one attached hydrogen (secondary N) is 2. The van der Waals surface area contributed by atoms with Gasteiger partial charge in [-0.15, -0.1) is 11.8 Å². The minimum absolute atomic E-state index is 0.220. The highest BCUT2D eigenvalue weighted by molar-refractivity contribution is 7.99. The highest BCUT2D eigenvalue weighted by Crippen LogP contribution is 2.28. The molecule has 134 valence electrons. The lowest BCUT2D eigenvalue weighted by molar-refractivity contribution is 0.247. The average molecular weight is 359 g/mol. The van der Waals surface area contributed by atoms with Crippen molar-refractivity contribution in [1.29, 1.82) is 0 Å². The molecule has 2 aromatic rings. The number of aryl methyl sites for hydroxylation is 1. The van der Waals surface area contributed by atoms with Crippen LogP contribution in [0, 0.1) is 6.92 Å². The molecule has 1 atom stereocenters. The molecule has 25 heavy (non-hydrogen) atoms. The predicted octanol–water partition coefficient (Wildman–Crippen LogP) is 5.09. The molecule has 0 aromatic heterocycles. The Hall–Kier alpha value is -2.14. The summed E-state index contributed by atoms with van der Waals surface area (Å²) in [7, 11) is 0. The maximum atomic E-state index is 12.0. The first kappa shape index (κ1) is 19.2. The van der Waals surface area contributed by atoms with Crippen LogP contribution < -0.4 is 15.4 Å². The van der Waals surface area contributed by atoms with Crippen LogP contribution in [-0.4, -0.2) is 24.4 Å². The van der Waals surface area contributed by atoms with Gasteiger partial charge in [-0.3, -0.25) is 0 Å². The molecule has 2 amide bonds. The maximum absolute atomic E-state index is 12.0. The molecule has 2 N–H and O–H groups in total. The van der Waals surface area contributed by atoms with Crippen molar-refractivity contribution in [3.8, 4) is 5.75 Å². The zero-order valence-electron chi connectivity index (χ0n) is 15.0. The lowest BCUT2D eigenvalue weighted by Crippen LogP contribution is -2.32. The van der Waals surface area contributed by atoms with Gasteiger partial charge in [0.25, 0.3) is 0 Å². The van der Waals surface area contributed by atoms with Crippen LogP contribution in [0.2, 0.25) is 0 Å².